The van der Waals surface area contributed by atoms with Crippen molar-refractivity contribution in [3.05, 3.63) is 187 Å². The Morgan fingerprint density at radius 2 is 0.838 bits per heavy atom. The van der Waals surface area contributed by atoms with Crippen molar-refractivity contribution < 1.29 is 131 Å². The summed E-state index contributed by atoms with van der Waals surface area (Å²) >= 11 is 0. The Hall–Kier alpha value is -10.4. The quantitative estimate of drug-likeness (QED) is 0.00854. The van der Waals surface area contributed by atoms with Gasteiger partial charge in [-0.2, -0.15) is 8.42 Å². The summed E-state index contributed by atoms with van der Waals surface area (Å²) < 4.78 is 123. The molecular weight excluding hydrogens is 1400 g/mol. The first kappa shape index (κ1) is 77.2. The number of hydrogen-bond donors (Lipinski definition) is 1. The zero-order valence-corrected chi connectivity index (χ0v) is 58.3. The van der Waals surface area contributed by atoms with Gasteiger partial charge in [-0.1, -0.05) is 88.9 Å². The van der Waals surface area contributed by atoms with E-state index >= 15 is 9.59 Å². The summed E-state index contributed by atoms with van der Waals surface area (Å²) in [5, 5.41) is 3.58. The monoisotopic (exact) mass is 1480 g/mol. The van der Waals surface area contributed by atoms with Crippen LogP contribution in [-0.2, 0) is 95.3 Å². The minimum absolute atomic E-state index is 0.0563. The van der Waals surface area contributed by atoms with Gasteiger partial charge in [0.2, 0.25) is 0 Å². The molecular formula is C71H73N5O28S. The number of ether oxygens (including phenoxy) is 13. The van der Waals surface area contributed by atoms with Crippen molar-refractivity contribution in [3.8, 4) is 0 Å². The molecule has 0 unspecified atom stereocenters. The van der Waals surface area contributed by atoms with Gasteiger partial charge in [0.25, 0.3) is 23.6 Å². The van der Waals surface area contributed by atoms with Gasteiger partial charge >= 0.3 is 52.2 Å². The molecule has 0 aromatic heterocycles. The predicted octanol–water partition coefficient (Wildman–Crippen LogP) is 6.17. The molecule has 0 aliphatic carbocycles. The van der Waals surface area contributed by atoms with Crippen LogP contribution in [0.5, 0.6) is 0 Å². The number of imide groups is 2. The van der Waals surface area contributed by atoms with E-state index in [-0.39, 0.29) is 58.5 Å². The highest BCUT2D eigenvalue weighted by atomic mass is 32.3. The van der Waals surface area contributed by atoms with Crippen LogP contribution >= 0.6 is 0 Å². The molecule has 105 heavy (non-hydrogen) atoms. The number of hydrogen-bond acceptors (Lipinski definition) is 28. The predicted molar refractivity (Wildman–Crippen MR) is 354 cm³/mol. The standard InChI is InChI=1S/C71H73N5O28S/c1-36-19-25-43(26-20-36)66(85)101-57-52(35-94-105(88,89)90)100-71(61(103-68(87)45-29-23-38(3)24-30-45)60(57)102-67(86)44-27-21-37(2)22-28-44)104-59-54(76-64(83)48-17-11-12-18-49(48)65(76)84)69(91-32-14-8-13-31-73-74-72)98-51(56(59)96-41(6)79)34-93-70-53(75-62(81)46-15-9-10-16-47(46)63(75)82)58(97-42(7)80)55(95-40(5)78)50(99-70)33-92-39(4)77/h9-12,15-30,50-61,69-71H,8,13-14,31-35H2,1-7H3,(H,88,89,90)/t50-,51-,52-,53-,54-,55+,56+,57-,58-,59-,60+,61-,69-,70-,71+/m1/s1. The van der Waals surface area contributed by atoms with Crippen LogP contribution in [0.3, 0.4) is 0 Å². The Morgan fingerprint density at radius 1 is 0.457 bits per heavy atom. The van der Waals surface area contributed by atoms with Crippen LogP contribution in [0.25, 0.3) is 10.4 Å². The summed E-state index contributed by atoms with van der Waals surface area (Å²) in [6.45, 7) is 5.64. The normalized spacial score (nSPS) is 25.6. The molecule has 5 aromatic rings. The molecule has 5 heterocycles. The van der Waals surface area contributed by atoms with E-state index in [1.165, 1.54) is 84.9 Å². The van der Waals surface area contributed by atoms with Crippen LogP contribution in [0.1, 0.15) is 136 Å². The van der Waals surface area contributed by atoms with Gasteiger partial charge in [-0.05, 0) is 99.8 Å². The average Bonchev–Trinajstić information content (AvgIpc) is 1.71. The van der Waals surface area contributed by atoms with E-state index in [0.29, 0.717) is 39.3 Å². The molecule has 0 saturated carbocycles. The van der Waals surface area contributed by atoms with Crippen molar-refractivity contribution in [1.29, 1.82) is 0 Å². The van der Waals surface area contributed by atoms with E-state index in [2.05, 4.69) is 10.0 Å². The molecule has 0 bridgehead atoms. The number of aryl methyl sites for hydroxylation is 3. The van der Waals surface area contributed by atoms with E-state index in [4.69, 9.17) is 71.3 Å². The van der Waals surface area contributed by atoms with Crippen molar-refractivity contribution in [2.45, 2.75) is 160 Å². The second-order valence-corrected chi connectivity index (χ2v) is 26.0. The zero-order chi connectivity index (χ0) is 75.6. The molecule has 5 aromatic carbocycles. The van der Waals surface area contributed by atoms with Gasteiger partial charge < -0.3 is 61.6 Å². The molecule has 10 rings (SSSR count). The third-order valence-corrected chi connectivity index (χ3v) is 17.8. The van der Waals surface area contributed by atoms with Gasteiger partial charge in [-0.3, -0.25) is 52.7 Å². The number of carbonyl (C=O) groups is 11. The van der Waals surface area contributed by atoms with E-state index < -0.39 is 188 Å². The minimum atomic E-state index is -5.50. The number of azide groups is 1. The van der Waals surface area contributed by atoms with Gasteiger partial charge in [-0.25, -0.2) is 18.6 Å². The summed E-state index contributed by atoms with van der Waals surface area (Å²) in [5.74, 6) is -11.8. The topological polar surface area (TPSA) is 427 Å². The van der Waals surface area contributed by atoms with Crippen LogP contribution < -0.4 is 0 Å². The Kier molecular flexibility index (Phi) is 25.0. The van der Waals surface area contributed by atoms with Crippen LogP contribution in [0.15, 0.2) is 126 Å². The number of rotatable bonds is 28. The maximum Gasteiger partial charge on any atom is 0.397 e. The molecule has 33 nitrogen and oxygen atoms in total. The lowest BCUT2D eigenvalue weighted by atomic mass is 9.93. The zero-order valence-electron chi connectivity index (χ0n) is 57.5. The van der Waals surface area contributed by atoms with Gasteiger partial charge in [0.05, 0.1) is 52.2 Å². The highest BCUT2D eigenvalue weighted by Gasteiger charge is 2.62. The highest BCUT2D eigenvalue weighted by molar-refractivity contribution is 7.80. The van der Waals surface area contributed by atoms with Gasteiger partial charge in [-0.15, -0.1) is 0 Å². The van der Waals surface area contributed by atoms with E-state index in [9.17, 15) is 56.1 Å². The van der Waals surface area contributed by atoms with Crippen LogP contribution in [0.2, 0.25) is 0 Å². The third kappa shape index (κ3) is 18.4. The van der Waals surface area contributed by atoms with Crippen molar-refractivity contribution in [2.75, 3.05) is 33.0 Å². The number of amides is 4. The molecule has 1 N–H and O–H groups in total. The summed E-state index contributed by atoms with van der Waals surface area (Å²) in [5.41, 5.74) is 9.99. The molecule has 5 aliphatic rings. The fourth-order valence-electron chi connectivity index (χ4n) is 12.5. The smallest absolute Gasteiger partial charge is 0.397 e. The average molecular weight is 1480 g/mol. The molecule has 15 atom stereocenters. The molecule has 0 radical (unpaired) electrons. The molecule has 4 amide bonds. The van der Waals surface area contributed by atoms with E-state index in [1.807, 2.05) is 0 Å². The summed E-state index contributed by atoms with van der Waals surface area (Å²) in [6.07, 6.45) is -26.4. The van der Waals surface area contributed by atoms with Crippen molar-refractivity contribution in [3.63, 3.8) is 0 Å². The van der Waals surface area contributed by atoms with Crippen molar-refractivity contribution in [1.82, 2.24) is 9.80 Å². The van der Waals surface area contributed by atoms with E-state index in [0.717, 1.165) is 27.7 Å². The number of carbonyl (C=O) groups excluding carboxylic acids is 11. The summed E-state index contributed by atoms with van der Waals surface area (Å²) in [7, 11) is -5.50. The van der Waals surface area contributed by atoms with Gasteiger partial charge in [0.15, 0.2) is 55.5 Å². The molecule has 0 spiro atoms. The fraction of sp³-hybridized carbons (Fsp3) is 0.423. The molecule has 5 aliphatic heterocycles. The molecule has 3 fully saturated rings. The first-order valence-electron chi connectivity index (χ1n) is 33.0. The third-order valence-electron chi connectivity index (χ3n) is 17.4. The van der Waals surface area contributed by atoms with Crippen molar-refractivity contribution in [2.24, 2.45) is 5.11 Å². The summed E-state index contributed by atoms with van der Waals surface area (Å²) in [4.78, 5) is 161. The second-order valence-electron chi connectivity index (χ2n) is 24.9. The number of esters is 7. The van der Waals surface area contributed by atoms with Gasteiger partial charge in [0.1, 0.15) is 43.1 Å². The minimum Gasteiger partial charge on any atom is -0.463 e. The molecule has 3 saturated heterocycles. The lowest BCUT2D eigenvalue weighted by molar-refractivity contribution is -0.352. The molecule has 34 heteroatoms. The molecule has 556 valence electrons. The maximum absolute atomic E-state index is 15.3. The summed E-state index contributed by atoms with van der Waals surface area (Å²) in [6, 6.07) is 24.6. The maximum atomic E-state index is 15.3. The number of nitrogens with zero attached hydrogens (tertiary/aromatic N) is 5. The van der Waals surface area contributed by atoms with E-state index in [1.54, 1.807) is 57.2 Å². The Labute approximate surface area is 599 Å². The first-order valence-corrected chi connectivity index (χ1v) is 34.4. The SMILES string of the molecule is CC(=O)OC[C@H]1O[C@@H](OC[C@H]2O[C@@H](OCCCCCN=[N+]=[N-])[C@H](N3C(=O)c4ccccc4C3=O)[C@@H](O[C@@H]3O[C@H](COS(=O)(=O)O)[C@@H](OC(=O)c4ccc(C)cc4)[C@H](OC(=O)c4ccc(C)cc4)[C@H]3OC(=O)c3ccc(C)cc3)[C@H]2OC(C)=O)[C@H](N2C(=O)c3ccccc3C2=O)[C@@H](OC(C)=O)[C@H]1OC(C)=O. The largest absolute Gasteiger partial charge is 0.463 e. The second kappa shape index (κ2) is 34.0. The Bertz CT molecular complexity index is 4220. The Balaban J connectivity index is 1.17. The highest BCUT2D eigenvalue weighted by Crippen LogP contribution is 2.42. The van der Waals surface area contributed by atoms with Crippen LogP contribution in [0, 0.1) is 20.8 Å². The number of benzene rings is 5. The van der Waals surface area contributed by atoms with Gasteiger partial charge in [0, 0.05) is 45.8 Å². The van der Waals surface area contributed by atoms with Crippen LogP contribution in [0.4, 0.5) is 0 Å². The lowest BCUT2D eigenvalue weighted by Gasteiger charge is -2.51. The first-order chi connectivity index (χ1) is 50.1. The Morgan fingerprint density at radius 3 is 1.28 bits per heavy atom. The number of fused-ring (bicyclic) bond motifs is 2. The fourth-order valence-corrected chi connectivity index (χ4v) is 12.9. The van der Waals surface area contributed by atoms with Crippen LogP contribution in [-0.4, -0.2) is 213 Å². The lowest BCUT2D eigenvalue weighted by Crippen LogP contribution is -2.70. The number of unbranched alkanes of at least 4 members (excludes halogenated alkanes) is 2. The van der Waals surface area contributed by atoms with Crippen molar-refractivity contribution >= 4 is 75.8 Å².